The van der Waals surface area contributed by atoms with Gasteiger partial charge in [-0.15, -0.1) is 0 Å². The number of hydrogen-bond acceptors (Lipinski definition) is 3. The average Bonchev–Trinajstić information content (AvgIpc) is 2.44. The maximum Gasteiger partial charge on any atom is 0.224 e. The zero-order valence-electron chi connectivity index (χ0n) is 11.3. The number of aromatic nitrogens is 2. The van der Waals surface area contributed by atoms with Gasteiger partial charge in [0, 0.05) is 18.2 Å². The average molecular weight is 310 g/mol. The molecule has 0 fully saturated rings. The highest BCUT2D eigenvalue weighted by atomic mass is 35.5. The van der Waals surface area contributed by atoms with E-state index in [4.69, 9.17) is 11.6 Å². The third-order valence-corrected chi connectivity index (χ3v) is 3.82. The number of anilines is 1. The molecule has 3 nitrogen and oxygen atoms in total. The molecule has 2 aromatic rings. The van der Waals surface area contributed by atoms with Gasteiger partial charge in [0.25, 0.3) is 0 Å². The molecule has 3 rings (SSSR count). The van der Waals surface area contributed by atoms with Gasteiger partial charge in [0.05, 0.1) is 5.69 Å². The molecule has 0 radical (unpaired) electrons. The lowest BCUT2D eigenvalue weighted by molar-refractivity contribution is 0.580. The maximum absolute atomic E-state index is 13.1. The van der Waals surface area contributed by atoms with Gasteiger partial charge in [-0.3, -0.25) is 0 Å². The molecule has 0 aliphatic heterocycles. The molecule has 0 amide bonds. The van der Waals surface area contributed by atoms with Crippen molar-refractivity contribution in [2.45, 2.75) is 32.2 Å². The van der Waals surface area contributed by atoms with E-state index in [9.17, 15) is 8.78 Å². The van der Waals surface area contributed by atoms with E-state index in [0.29, 0.717) is 16.7 Å². The number of nitrogens with one attached hydrogen (secondary N) is 1. The van der Waals surface area contributed by atoms with E-state index < -0.39 is 11.6 Å². The van der Waals surface area contributed by atoms with Crippen LogP contribution in [0.15, 0.2) is 18.2 Å². The fraction of sp³-hybridized carbons (Fsp3) is 0.333. The summed E-state index contributed by atoms with van der Waals surface area (Å²) in [7, 11) is 0. The van der Waals surface area contributed by atoms with Crippen LogP contribution in [0.3, 0.4) is 0 Å². The first-order chi connectivity index (χ1) is 10.1. The van der Waals surface area contributed by atoms with Crippen molar-refractivity contribution < 1.29 is 8.78 Å². The van der Waals surface area contributed by atoms with E-state index in [2.05, 4.69) is 15.3 Å². The van der Waals surface area contributed by atoms with E-state index >= 15 is 0 Å². The molecule has 0 spiro atoms. The lowest BCUT2D eigenvalue weighted by Gasteiger charge is -2.16. The number of fused-ring (bicyclic) bond motifs is 1. The Hall–Kier alpha value is -1.75. The van der Waals surface area contributed by atoms with Gasteiger partial charge in [0.15, 0.2) is 0 Å². The molecule has 1 N–H and O–H groups in total. The number of aryl methyl sites for hydroxylation is 1. The molecule has 0 bridgehead atoms. The van der Waals surface area contributed by atoms with Crippen LogP contribution >= 0.6 is 11.6 Å². The number of rotatable bonds is 3. The van der Waals surface area contributed by atoms with Crippen LogP contribution in [0.5, 0.6) is 0 Å². The van der Waals surface area contributed by atoms with Gasteiger partial charge < -0.3 is 5.32 Å². The summed E-state index contributed by atoms with van der Waals surface area (Å²) in [4.78, 5) is 8.64. The predicted octanol–water partition coefficient (Wildman–Crippen LogP) is 3.90. The van der Waals surface area contributed by atoms with Gasteiger partial charge in [-0.2, -0.15) is 0 Å². The Labute approximate surface area is 126 Å². The minimum absolute atomic E-state index is 0.240. The Morgan fingerprint density at radius 3 is 2.52 bits per heavy atom. The minimum atomic E-state index is -0.601. The molecule has 0 unspecified atom stereocenters. The van der Waals surface area contributed by atoms with Crippen molar-refractivity contribution in [2.75, 3.05) is 5.32 Å². The summed E-state index contributed by atoms with van der Waals surface area (Å²) in [5, 5.41) is 3.43. The molecule has 0 saturated heterocycles. The molecule has 1 aromatic heterocycles. The van der Waals surface area contributed by atoms with Crippen molar-refractivity contribution in [2.24, 2.45) is 0 Å². The third kappa shape index (κ3) is 3.29. The topological polar surface area (TPSA) is 37.8 Å². The van der Waals surface area contributed by atoms with Crippen LogP contribution in [0.1, 0.15) is 29.7 Å². The van der Waals surface area contributed by atoms with Gasteiger partial charge in [-0.05, 0) is 43.4 Å². The molecule has 0 saturated carbocycles. The fourth-order valence-corrected chi connectivity index (χ4v) is 2.81. The number of benzene rings is 1. The number of hydrogen-bond donors (Lipinski definition) is 1. The first kappa shape index (κ1) is 14.2. The zero-order valence-corrected chi connectivity index (χ0v) is 12.1. The van der Waals surface area contributed by atoms with Gasteiger partial charge in [-0.1, -0.05) is 11.6 Å². The van der Waals surface area contributed by atoms with Crippen molar-refractivity contribution >= 4 is 17.5 Å². The molecule has 1 aromatic carbocycles. The third-order valence-electron chi connectivity index (χ3n) is 3.51. The highest BCUT2D eigenvalue weighted by Crippen LogP contribution is 2.26. The van der Waals surface area contributed by atoms with Gasteiger partial charge in [0.2, 0.25) is 5.95 Å². The summed E-state index contributed by atoms with van der Waals surface area (Å²) in [6.45, 7) is 0.240. The summed E-state index contributed by atoms with van der Waals surface area (Å²) in [6, 6.07) is 3.39. The highest BCUT2D eigenvalue weighted by Gasteiger charge is 2.16. The molecule has 110 valence electrons. The zero-order chi connectivity index (χ0) is 14.8. The first-order valence-electron chi connectivity index (χ1n) is 6.86. The van der Waals surface area contributed by atoms with E-state index in [1.807, 2.05) is 0 Å². The molecule has 1 aliphatic carbocycles. The van der Waals surface area contributed by atoms with Crippen LogP contribution in [-0.2, 0) is 19.4 Å². The Morgan fingerprint density at radius 2 is 1.76 bits per heavy atom. The second kappa shape index (κ2) is 5.93. The Kier molecular flexibility index (Phi) is 4.01. The van der Waals surface area contributed by atoms with Crippen molar-refractivity contribution in [1.82, 2.24) is 9.97 Å². The lowest BCUT2D eigenvalue weighted by atomic mass is 9.97. The molecule has 1 heterocycles. The lowest BCUT2D eigenvalue weighted by Crippen LogP contribution is -2.12. The normalized spacial score (nSPS) is 13.9. The van der Waals surface area contributed by atoms with Crippen molar-refractivity contribution in [1.29, 1.82) is 0 Å². The van der Waals surface area contributed by atoms with Crippen molar-refractivity contribution in [3.8, 4) is 0 Å². The molecule has 0 atom stereocenters. The minimum Gasteiger partial charge on any atom is -0.350 e. The Balaban J connectivity index is 1.77. The summed E-state index contributed by atoms with van der Waals surface area (Å²) in [5.74, 6) is -0.808. The molecule has 6 heteroatoms. The van der Waals surface area contributed by atoms with Crippen LogP contribution in [0.25, 0.3) is 0 Å². The van der Waals surface area contributed by atoms with Crippen LogP contribution in [-0.4, -0.2) is 9.97 Å². The molecular formula is C15H14ClF2N3. The van der Waals surface area contributed by atoms with Crippen LogP contribution in [0.2, 0.25) is 5.15 Å². The summed E-state index contributed by atoms with van der Waals surface area (Å²) >= 11 is 6.17. The van der Waals surface area contributed by atoms with Gasteiger partial charge >= 0.3 is 0 Å². The quantitative estimate of drug-likeness (QED) is 0.874. The summed E-state index contributed by atoms with van der Waals surface area (Å²) in [5.41, 5.74) is 2.48. The largest absolute Gasteiger partial charge is 0.350 e. The smallest absolute Gasteiger partial charge is 0.224 e. The van der Waals surface area contributed by atoms with Gasteiger partial charge in [-0.25, -0.2) is 18.7 Å². The molecule has 21 heavy (non-hydrogen) atoms. The standard InChI is InChI=1S/C15H14ClF2N3/c16-14-12-3-1-2-4-13(12)20-15(21-14)19-8-9-5-10(17)7-11(18)6-9/h5-7H,1-4,8H2,(H,19,20,21). The van der Waals surface area contributed by atoms with E-state index in [1.54, 1.807) is 0 Å². The van der Waals surface area contributed by atoms with Crippen molar-refractivity contribution in [3.63, 3.8) is 0 Å². The van der Waals surface area contributed by atoms with E-state index in [1.165, 1.54) is 12.1 Å². The van der Waals surface area contributed by atoms with Gasteiger partial charge in [0.1, 0.15) is 16.8 Å². The number of nitrogens with zero attached hydrogens (tertiary/aromatic N) is 2. The first-order valence-corrected chi connectivity index (χ1v) is 7.24. The summed E-state index contributed by atoms with van der Waals surface area (Å²) in [6.07, 6.45) is 3.99. The SMILES string of the molecule is Fc1cc(F)cc(CNc2nc(Cl)c3c(n2)CCCC3)c1. The van der Waals surface area contributed by atoms with Crippen LogP contribution in [0, 0.1) is 11.6 Å². The fourth-order valence-electron chi connectivity index (χ4n) is 2.52. The number of halogens is 3. The maximum atomic E-state index is 13.1. The second-order valence-corrected chi connectivity index (χ2v) is 5.46. The second-order valence-electron chi connectivity index (χ2n) is 5.10. The Bertz CT molecular complexity index is 656. The van der Waals surface area contributed by atoms with Crippen LogP contribution < -0.4 is 5.32 Å². The Morgan fingerprint density at radius 1 is 1.05 bits per heavy atom. The highest BCUT2D eigenvalue weighted by molar-refractivity contribution is 6.30. The summed E-state index contributed by atoms with van der Waals surface area (Å²) < 4.78 is 26.2. The van der Waals surface area contributed by atoms with E-state index in [0.717, 1.165) is 43.0 Å². The van der Waals surface area contributed by atoms with Crippen molar-refractivity contribution in [3.05, 3.63) is 51.8 Å². The molecular weight excluding hydrogens is 296 g/mol. The predicted molar refractivity (Wildman–Crippen MR) is 77.4 cm³/mol. The van der Waals surface area contributed by atoms with Crippen LogP contribution in [0.4, 0.5) is 14.7 Å². The monoisotopic (exact) mass is 309 g/mol. The van der Waals surface area contributed by atoms with E-state index in [-0.39, 0.29) is 6.54 Å². The molecule has 1 aliphatic rings.